The molecule has 2 rings (SSSR count). The van der Waals surface area contributed by atoms with E-state index in [0.717, 1.165) is 0 Å². The van der Waals surface area contributed by atoms with Crippen LogP contribution in [0, 0.1) is 11.3 Å². The van der Waals surface area contributed by atoms with Crippen LogP contribution in [0.4, 0.5) is 5.69 Å². The third kappa shape index (κ3) is 3.85. The Morgan fingerprint density at radius 1 is 1.42 bits per heavy atom. The van der Waals surface area contributed by atoms with Gasteiger partial charge in [0.05, 0.1) is 31.2 Å². The predicted octanol–water partition coefficient (Wildman–Crippen LogP) is 1.27. The first-order valence-corrected chi connectivity index (χ1v) is 5.67. The van der Waals surface area contributed by atoms with Crippen molar-refractivity contribution >= 4 is 11.6 Å². The zero-order chi connectivity index (χ0) is 13.5. The highest BCUT2D eigenvalue weighted by Crippen LogP contribution is 2.04. The quantitative estimate of drug-likeness (QED) is 0.840. The number of carbonyl (C=O) groups is 1. The molecule has 0 radical (unpaired) electrons. The van der Waals surface area contributed by atoms with Gasteiger partial charge in [0.15, 0.2) is 0 Å². The number of furan rings is 1. The Bertz CT molecular complexity index is 570. The van der Waals surface area contributed by atoms with Crippen molar-refractivity contribution in [1.29, 1.82) is 5.26 Å². The highest BCUT2D eigenvalue weighted by Gasteiger charge is 2.02. The van der Waals surface area contributed by atoms with E-state index in [1.807, 2.05) is 6.07 Å². The van der Waals surface area contributed by atoms with Gasteiger partial charge in [-0.2, -0.15) is 5.26 Å². The second-order valence-corrected chi connectivity index (χ2v) is 3.75. The molecule has 1 amide bonds. The molecule has 0 unspecified atom stereocenters. The molecule has 2 N–H and O–H groups in total. The van der Waals surface area contributed by atoms with E-state index in [4.69, 9.17) is 9.68 Å². The second-order valence-electron chi connectivity index (χ2n) is 3.75. The van der Waals surface area contributed by atoms with E-state index in [2.05, 4.69) is 15.6 Å². The summed E-state index contributed by atoms with van der Waals surface area (Å²) in [5.74, 6) is 0.550. The van der Waals surface area contributed by atoms with Gasteiger partial charge >= 0.3 is 0 Å². The summed E-state index contributed by atoms with van der Waals surface area (Å²) < 4.78 is 5.10. The summed E-state index contributed by atoms with van der Waals surface area (Å²) in [4.78, 5) is 15.4. The molecule has 2 heterocycles. The SMILES string of the molecule is N#Cc1ccc(NCC(=O)NCc2ccco2)cn1. The van der Waals surface area contributed by atoms with Crippen molar-refractivity contribution in [3.8, 4) is 6.07 Å². The van der Waals surface area contributed by atoms with E-state index in [1.54, 1.807) is 30.5 Å². The molecule has 6 nitrogen and oxygen atoms in total. The van der Waals surface area contributed by atoms with Gasteiger partial charge in [-0.1, -0.05) is 0 Å². The lowest BCUT2D eigenvalue weighted by Crippen LogP contribution is -2.29. The standard InChI is InChI=1S/C13H12N4O2/c14-6-10-3-4-11(7-15-10)16-9-13(18)17-8-12-2-1-5-19-12/h1-5,7,16H,8-9H2,(H,17,18). The Morgan fingerprint density at radius 3 is 2.95 bits per heavy atom. The van der Waals surface area contributed by atoms with Gasteiger partial charge in [0.2, 0.25) is 5.91 Å². The Balaban J connectivity index is 1.75. The number of pyridine rings is 1. The molecule has 0 saturated heterocycles. The minimum Gasteiger partial charge on any atom is -0.467 e. The molecule has 0 aromatic carbocycles. The molecule has 0 spiro atoms. The number of nitrogens with zero attached hydrogens (tertiary/aromatic N) is 2. The van der Waals surface area contributed by atoms with E-state index >= 15 is 0 Å². The van der Waals surface area contributed by atoms with Crippen LogP contribution in [0.15, 0.2) is 41.1 Å². The zero-order valence-corrected chi connectivity index (χ0v) is 10.1. The van der Waals surface area contributed by atoms with Gasteiger partial charge in [0.1, 0.15) is 17.5 Å². The minimum atomic E-state index is -0.152. The summed E-state index contributed by atoms with van der Waals surface area (Å²) in [5.41, 5.74) is 1.03. The van der Waals surface area contributed by atoms with Crippen LogP contribution >= 0.6 is 0 Å². The van der Waals surface area contributed by atoms with Gasteiger partial charge in [-0.3, -0.25) is 4.79 Å². The fourth-order valence-electron chi connectivity index (χ4n) is 1.41. The van der Waals surface area contributed by atoms with Crippen LogP contribution in [-0.4, -0.2) is 17.4 Å². The highest BCUT2D eigenvalue weighted by molar-refractivity contribution is 5.80. The Hall–Kier alpha value is -2.81. The first-order valence-electron chi connectivity index (χ1n) is 5.67. The third-order valence-corrected chi connectivity index (χ3v) is 2.37. The average Bonchev–Trinajstić information content (AvgIpc) is 2.96. The highest BCUT2D eigenvalue weighted by atomic mass is 16.3. The zero-order valence-electron chi connectivity index (χ0n) is 10.1. The number of hydrogen-bond donors (Lipinski definition) is 2. The first kappa shape index (κ1) is 12.6. The lowest BCUT2D eigenvalue weighted by atomic mass is 10.3. The van der Waals surface area contributed by atoms with Gasteiger partial charge in [-0.25, -0.2) is 4.98 Å². The van der Waals surface area contributed by atoms with E-state index in [1.165, 1.54) is 6.20 Å². The van der Waals surface area contributed by atoms with Crippen molar-refractivity contribution in [3.05, 3.63) is 48.2 Å². The van der Waals surface area contributed by atoms with Crippen LogP contribution in [0.3, 0.4) is 0 Å². The van der Waals surface area contributed by atoms with Crippen molar-refractivity contribution in [2.45, 2.75) is 6.54 Å². The maximum Gasteiger partial charge on any atom is 0.239 e. The number of hydrogen-bond acceptors (Lipinski definition) is 5. The van der Waals surface area contributed by atoms with Crippen LogP contribution in [0.5, 0.6) is 0 Å². The van der Waals surface area contributed by atoms with Crippen molar-refractivity contribution in [2.24, 2.45) is 0 Å². The number of rotatable bonds is 5. The summed E-state index contributed by atoms with van der Waals surface area (Å²) in [6.45, 7) is 0.493. The fourth-order valence-corrected chi connectivity index (χ4v) is 1.41. The van der Waals surface area contributed by atoms with Crippen molar-refractivity contribution in [3.63, 3.8) is 0 Å². The molecule has 19 heavy (non-hydrogen) atoms. The molecule has 6 heteroatoms. The molecule has 2 aromatic rings. The van der Waals surface area contributed by atoms with E-state index in [9.17, 15) is 4.79 Å². The van der Waals surface area contributed by atoms with Crippen molar-refractivity contribution in [2.75, 3.05) is 11.9 Å². The maximum absolute atomic E-state index is 11.5. The second kappa shape index (κ2) is 6.21. The third-order valence-electron chi connectivity index (χ3n) is 2.37. The molecule has 0 atom stereocenters. The van der Waals surface area contributed by atoms with Crippen molar-refractivity contribution in [1.82, 2.24) is 10.3 Å². The number of anilines is 1. The van der Waals surface area contributed by atoms with Gasteiger partial charge in [-0.15, -0.1) is 0 Å². The summed E-state index contributed by atoms with van der Waals surface area (Å²) in [7, 11) is 0. The van der Waals surface area contributed by atoms with E-state index < -0.39 is 0 Å². The Morgan fingerprint density at radius 2 is 2.32 bits per heavy atom. The average molecular weight is 256 g/mol. The van der Waals surface area contributed by atoms with Crippen LogP contribution in [0.2, 0.25) is 0 Å². The van der Waals surface area contributed by atoms with Crippen LogP contribution in [0.25, 0.3) is 0 Å². The molecule has 2 aromatic heterocycles. The summed E-state index contributed by atoms with van der Waals surface area (Å²) in [6, 6.07) is 8.77. The molecule has 96 valence electrons. The number of aromatic nitrogens is 1. The monoisotopic (exact) mass is 256 g/mol. The number of carbonyl (C=O) groups excluding carboxylic acids is 1. The summed E-state index contributed by atoms with van der Waals surface area (Å²) >= 11 is 0. The first-order chi connectivity index (χ1) is 9.28. The largest absolute Gasteiger partial charge is 0.467 e. The van der Waals surface area contributed by atoms with Gasteiger partial charge in [0, 0.05) is 0 Å². The smallest absolute Gasteiger partial charge is 0.239 e. The molecule has 0 fully saturated rings. The van der Waals surface area contributed by atoms with E-state index in [0.29, 0.717) is 23.7 Å². The summed E-state index contributed by atoms with van der Waals surface area (Å²) in [5, 5.41) is 14.2. The molecule has 0 aliphatic carbocycles. The Kier molecular flexibility index (Phi) is 4.13. The molecule has 0 saturated carbocycles. The van der Waals surface area contributed by atoms with Crippen LogP contribution in [0.1, 0.15) is 11.5 Å². The molecular weight excluding hydrogens is 244 g/mol. The number of nitriles is 1. The lowest BCUT2D eigenvalue weighted by molar-refractivity contribution is -0.119. The van der Waals surface area contributed by atoms with Gasteiger partial charge in [0.25, 0.3) is 0 Å². The van der Waals surface area contributed by atoms with Crippen LogP contribution in [-0.2, 0) is 11.3 Å². The molecule has 0 aliphatic heterocycles. The lowest BCUT2D eigenvalue weighted by Gasteiger charge is -2.06. The topological polar surface area (TPSA) is 91.0 Å². The molecule has 0 aliphatic rings. The predicted molar refractivity (Wildman–Crippen MR) is 68.0 cm³/mol. The minimum absolute atomic E-state index is 0.133. The molecular formula is C13H12N4O2. The maximum atomic E-state index is 11.5. The van der Waals surface area contributed by atoms with Gasteiger partial charge in [-0.05, 0) is 24.3 Å². The van der Waals surface area contributed by atoms with E-state index in [-0.39, 0.29) is 12.5 Å². The number of amides is 1. The fraction of sp³-hybridized carbons (Fsp3) is 0.154. The summed E-state index contributed by atoms with van der Waals surface area (Å²) in [6.07, 6.45) is 3.07. The molecule has 0 bridgehead atoms. The Labute approximate surface area is 110 Å². The van der Waals surface area contributed by atoms with Gasteiger partial charge < -0.3 is 15.1 Å². The normalized spacial score (nSPS) is 9.63. The number of nitrogens with one attached hydrogen (secondary N) is 2. The van der Waals surface area contributed by atoms with Crippen LogP contribution < -0.4 is 10.6 Å². The van der Waals surface area contributed by atoms with Crippen molar-refractivity contribution < 1.29 is 9.21 Å².